The summed E-state index contributed by atoms with van der Waals surface area (Å²) >= 11 is 0. The molecule has 0 saturated carbocycles. The smallest absolute Gasteiger partial charge is 0.211 e. The van der Waals surface area contributed by atoms with Gasteiger partial charge >= 0.3 is 0 Å². The van der Waals surface area contributed by atoms with E-state index in [4.69, 9.17) is 0 Å². The van der Waals surface area contributed by atoms with Crippen LogP contribution in [-0.2, 0) is 13.7 Å². The van der Waals surface area contributed by atoms with Crippen molar-refractivity contribution in [2.45, 2.75) is 13.8 Å². The fourth-order valence-corrected chi connectivity index (χ4v) is 18.8. The molecular formula is C57H46N5O3P3. The summed E-state index contributed by atoms with van der Waals surface area (Å²) in [6, 6.07) is 49.4. The fourth-order valence-electron chi connectivity index (χ4n) is 10.7. The van der Waals surface area contributed by atoms with Gasteiger partial charge in [0.1, 0.15) is 14.3 Å². The average Bonchev–Trinajstić information content (AvgIpc) is 3.39. The van der Waals surface area contributed by atoms with Gasteiger partial charge in [-0.1, -0.05) is 68.4 Å². The van der Waals surface area contributed by atoms with E-state index in [0.717, 1.165) is 66.8 Å². The lowest BCUT2D eigenvalue weighted by Crippen LogP contribution is -2.51. The Hall–Kier alpha value is -6.78. The van der Waals surface area contributed by atoms with Gasteiger partial charge < -0.3 is 14.0 Å². The van der Waals surface area contributed by atoms with Crippen LogP contribution in [0.5, 0.6) is 0 Å². The van der Waals surface area contributed by atoms with Gasteiger partial charge in [0, 0.05) is 71.5 Å². The number of anilines is 3. The van der Waals surface area contributed by atoms with Crippen molar-refractivity contribution < 1.29 is 13.7 Å². The third kappa shape index (κ3) is 6.39. The highest BCUT2D eigenvalue weighted by Gasteiger charge is 2.55. The summed E-state index contributed by atoms with van der Waals surface area (Å²) < 4.78 is 52.2. The molecule has 0 fully saturated rings. The molecule has 2 unspecified atom stereocenters. The van der Waals surface area contributed by atoms with Crippen LogP contribution in [0, 0.1) is 0 Å². The van der Waals surface area contributed by atoms with Gasteiger partial charge in [0.05, 0.1) is 27.7 Å². The van der Waals surface area contributed by atoms with Gasteiger partial charge in [0.15, 0.2) is 0 Å². The summed E-state index contributed by atoms with van der Waals surface area (Å²) in [5.41, 5.74) is 13.4. The van der Waals surface area contributed by atoms with Crippen molar-refractivity contribution in [3.8, 4) is 66.8 Å². The van der Waals surface area contributed by atoms with Crippen LogP contribution in [0.15, 0.2) is 183 Å². The molecule has 3 aliphatic rings. The first-order chi connectivity index (χ1) is 33.0. The monoisotopic (exact) mass is 941 g/mol. The second-order valence-corrected chi connectivity index (χ2v) is 26.2. The van der Waals surface area contributed by atoms with E-state index >= 15 is 13.7 Å². The molecule has 0 bridgehead atoms. The molecule has 332 valence electrons. The molecule has 3 aliphatic heterocycles. The first kappa shape index (κ1) is 42.6. The van der Waals surface area contributed by atoms with Gasteiger partial charge in [-0.05, 0) is 171 Å². The third-order valence-corrected chi connectivity index (χ3v) is 22.5. The molecule has 0 radical (unpaired) electrons. The van der Waals surface area contributed by atoms with Crippen LogP contribution in [0.2, 0.25) is 0 Å². The van der Waals surface area contributed by atoms with Crippen molar-refractivity contribution in [3.05, 3.63) is 183 Å². The molecule has 9 aromatic rings. The Morgan fingerprint density at radius 3 is 0.926 bits per heavy atom. The maximum Gasteiger partial charge on any atom is 0.211 e. The summed E-state index contributed by atoms with van der Waals surface area (Å²) in [6.45, 7) is 8.78. The third-order valence-electron chi connectivity index (χ3n) is 14.1. The highest BCUT2D eigenvalue weighted by Crippen LogP contribution is 2.66. The van der Waals surface area contributed by atoms with E-state index in [1.807, 2.05) is 81.8 Å². The number of rotatable bonds is 9. The lowest BCUT2D eigenvalue weighted by atomic mass is 9.97. The standard InChI is InChI=1S/C57H46N5O3P3/c1-5-61(6-2)68(65)53-35-47(44-14-8-11-41(29-44)38-18-24-59-25-19-38)33-51-56(53)62-55-49(66(51,3)63)31-46(43-13-7-10-40(28-43)37-16-22-58-23-17-37)32-50(55)67(4,64)52-34-48(36-54(68)57(52)62)45-15-9-12-42(30-45)39-20-26-60-27-21-39/h7-36H,5-6H2,1-4H3. The number of hydrogen-bond donors (Lipinski definition) is 0. The SMILES string of the molecule is CCN(CC)P1(=O)c2cc(-c3cccc(-c4ccncc4)c3)cc3c2N2c4c(cc(-c5cccc(-c6ccncc6)c5)cc4P(C)(=O)c4cc(-c5cccc(-c6ccncc6)c5)cc1c42)P3(C)=O. The van der Waals surface area contributed by atoms with E-state index in [0.29, 0.717) is 62.0 Å². The van der Waals surface area contributed by atoms with Crippen molar-refractivity contribution >= 4 is 70.5 Å². The van der Waals surface area contributed by atoms with Crippen molar-refractivity contribution in [2.75, 3.05) is 31.3 Å². The maximum absolute atomic E-state index is 17.2. The Morgan fingerprint density at radius 1 is 0.368 bits per heavy atom. The van der Waals surface area contributed by atoms with Crippen LogP contribution in [0.1, 0.15) is 13.8 Å². The van der Waals surface area contributed by atoms with Crippen LogP contribution in [-0.4, -0.2) is 46.0 Å². The normalized spacial score (nSPS) is 19.5. The van der Waals surface area contributed by atoms with Crippen LogP contribution in [0.25, 0.3) is 66.8 Å². The van der Waals surface area contributed by atoms with Crippen LogP contribution in [0.3, 0.4) is 0 Å². The zero-order valence-electron chi connectivity index (χ0n) is 38.0. The van der Waals surface area contributed by atoms with E-state index < -0.39 is 21.6 Å². The fraction of sp³-hybridized carbons (Fsp3) is 0.105. The molecule has 0 saturated heterocycles. The quantitative estimate of drug-likeness (QED) is 0.132. The van der Waals surface area contributed by atoms with Gasteiger partial charge in [-0.3, -0.25) is 19.5 Å². The van der Waals surface area contributed by atoms with Gasteiger partial charge in [0.2, 0.25) is 7.29 Å². The second kappa shape index (κ2) is 15.9. The zero-order valence-corrected chi connectivity index (χ0v) is 40.7. The van der Waals surface area contributed by atoms with Crippen molar-refractivity contribution in [1.82, 2.24) is 19.6 Å². The van der Waals surface area contributed by atoms with E-state index in [-0.39, 0.29) is 0 Å². The molecule has 8 nitrogen and oxygen atoms in total. The molecule has 68 heavy (non-hydrogen) atoms. The first-order valence-corrected chi connectivity index (χ1v) is 28.9. The second-order valence-electron chi connectivity index (χ2n) is 17.9. The Bertz CT molecular complexity index is 3500. The number of pyridine rings is 3. The van der Waals surface area contributed by atoms with E-state index in [9.17, 15) is 0 Å². The summed E-state index contributed by atoms with van der Waals surface area (Å²) in [5, 5.41) is 3.87. The van der Waals surface area contributed by atoms with E-state index in [2.05, 4.69) is 116 Å². The largest absolute Gasteiger partial charge is 0.314 e. The summed E-state index contributed by atoms with van der Waals surface area (Å²) in [5.74, 6) is 0. The number of benzene rings is 6. The Labute approximate surface area is 396 Å². The Kier molecular flexibility index (Phi) is 9.96. The Balaban J connectivity index is 1.18. The summed E-state index contributed by atoms with van der Waals surface area (Å²) in [6.07, 6.45) is 10.7. The molecule has 0 N–H and O–H groups in total. The predicted octanol–water partition coefficient (Wildman–Crippen LogP) is 11.7. The molecule has 6 heterocycles. The molecule has 12 rings (SSSR count). The van der Waals surface area contributed by atoms with Crippen LogP contribution >= 0.6 is 21.6 Å². The lowest BCUT2D eigenvalue weighted by molar-refractivity contribution is 0.458. The minimum atomic E-state index is -3.77. The topological polar surface area (TPSA) is 96.4 Å². The lowest BCUT2D eigenvalue weighted by Gasteiger charge is -2.50. The highest BCUT2D eigenvalue weighted by atomic mass is 31.2. The summed E-state index contributed by atoms with van der Waals surface area (Å²) in [7, 11) is -10.8. The number of nitrogens with zero attached hydrogens (tertiary/aromatic N) is 5. The Morgan fingerprint density at radius 2 is 0.632 bits per heavy atom. The molecule has 0 spiro atoms. The van der Waals surface area contributed by atoms with Gasteiger partial charge in [-0.25, -0.2) is 4.67 Å². The average molecular weight is 942 g/mol. The minimum Gasteiger partial charge on any atom is -0.314 e. The highest BCUT2D eigenvalue weighted by molar-refractivity contribution is 7.82. The van der Waals surface area contributed by atoms with Crippen LogP contribution < -0.4 is 36.7 Å². The number of aromatic nitrogens is 3. The molecular weight excluding hydrogens is 896 g/mol. The van der Waals surface area contributed by atoms with Gasteiger partial charge in [0.25, 0.3) is 0 Å². The van der Waals surface area contributed by atoms with Crippen LogP contribution in [0.4, 0.5) is 17.1 Å². The molecule has 6 aromatic carbocycles. The molecule has 11 heteroatoms. The predicted molar refractivity (Wildman–Crippen MR) is 283 cm³/mol. The van der Waals surface area contributed by atoms with Crippen molar-refractivity contribution in [1.29, 1.82) is 0 Å². The molecule has 2 atom stereocenters. The van der Waals surface area contributed by atoms with E-state index in [1.165, 1.54) is 0 Å². The maximum atomic E-state index is 17.2. The van der Waals surface area contributed by atoms with Crippen molar-refractivity contribution in [2.24, 2.45) is 0 Å². The van der Waals surface area contributed by atoms with Gasteiger partial charge in [-0.2, -0.15) is 0 Å². The molecule has 0 aliphatic carbocycles. The first-order valence-electron chi connectivity index (χ1n) is 22.9. The number of hydrogen-bond acceptors (Lipinski definition) is 7. The molecule has 3 aromatic heterocycles. The van der Waals surface area contributed by atoms with Gasteiger partial charge in [-0.15, -0.1) is 0 Å². The minimum absolute atomic E-state index is 0.498. The summed E-state index contributed by atoms with van der Waals surface area (Å²) in [4.78, 5) is 14.9. The van der Waals surface area contributed by atoms with Crippen molar-refractivity contribution in [3.63, 3.8) is 0 Å². The molecule has 0 amide bonds. The zero-order chi connectivity index (χ0) is 46.5. The van der Waals surface area contributed by atoms with E-state index in [1.54, 1.807) is 37.2 Å².